The molecule has 7 nitrogen and oxygen atoms in total. The molecule has 0 aromatic carbocycles. The Labute approximate surface area is 102 Å². The summed E-state index contributed by atoms with van der Waals surface area (Å²) in [6.07, 6.45) is 0. The maximum absolute atomic E-state index is 11.7. The fourth-order valence-corrected chi connectivity index (χ4v) is 1.99. The Kier molecular flexibility index (Phi) is 3.64. The number of anilines is 1. The number of aryl methyl sites for hydroxylation is 1. The van der Waals surface area contributed by atoms with Crippen molar-refractivity contribution in [3.8, 4) is 0 Å². The third-order valence-corrected chi connectivity index (χ3v) is 2.99. The van der Waals surface area contributed by atoms with Crippen molar-refractivity contribution in [2.45, 2.75) is 6.92 Å². The van der Waals surface area contributed by atoms with Gasteiger partial charge in [0, 0.05) is 13.1 Å². The smallest absolute Gasteiger partial charge is 0.315 e. The molecule has 2 rings (SSSR count). The van der Waals surface area contributed by atoms with Gasteiger partial charge in [-0.25, -0.2) is 0 Å². The molecule has 2 heterocycles. The molecule has 0 atom stereocenters. The van der Waals surface area contributed by atoms with Crippen molar-refractivity contribution in [1.29, 1.82) is 0 Å². The lowest BCUT2D eigenvalue weighted by Gasteiger charge is -2.25. The first-order valence-electron chi connectivity index (χ1n) is 5.15. The predicted octanol–water partition coefficient (Wildman–Crippen LogP) is -0.356. The second-order valence-corrected chi connectivity index (χ2v) is 4.67. The van der Waals surface area contributed by atoms with Gasteiger partial charge in [-0.1, -0.05) is 11.3 Å². The van der Waals surface area contributed by atoms with Crippen LogP contribution in [0.4, 0.5) is 5.13 Å². The molecule has 0 bridgehead atoms. The van der Waals surface area contributed by atoms with E-state index in [9.17, 15) is 9.59 Å². The minimum absolute atomic E-state index is 0.342. The highest BCUT2D eigenvalue weighted by molar-refractivity contribution is 7.15. The highest BCUT2D eigenvalue weighted by Crippen LogP contribution is 2.13. The summed E-state index contributed by atoms with van der Waals surface area (Å²) in [5.41, 5.74) is 0. The summed E-state index contributed by atoms with van der Waals surface area (Å²) in [6.45, 7) is 3.60. The zero-order chi connectivity index (χ0) is 12.3. The van der Waals surface area contributed by atoms with Crippen molar-refractivity contribution in [1.82, 2.24) is 15.1 Å². The van der Waals surface area contributed by atoms with Crippen LogP contribution in [-0.2, 0) is 14.3 Å². The maximum Gasteiger partial charge on any atom is 0.315 e. The minimum Gasteiger partial charge on any atom is -0.378 e. The number of nitrogens with zero attached hydrogens (tertiary/aromatic N) is 3. The van der Waals surface area contributed by atoms with E-state index in [2.05, 4.69) is 15.5 Å². The van der Waals surface area contributed by atoms with E-state index in [0.29, 0.717) is 31.4 Å². The molecular formula is C9H12N4O3S. The zero-order valence-corrected chi connectivity index (χ0v) is 10.1. The molecule has 0 saturated carbocycles. The highest BCUT2D eigenvalue weighted by Gasteiger charge is 2.24. The first-order valence-corrected chi connectivity index (χ1v) is 5.96. The van der Waals surface area contributed by atoms with Crippen LogP contribution < -0.4 is 5.32 Å². The molecule has 1 fully saturated rings. The van der Waals surface area contributed by atoms with E-state index in [1.165, 1.54) is 16.2 Å². The number of hydrogen-bond donors (Lipinski definition) is 1. The number of nitrogens with one attached hydrogen (secondary N) is 1. The summed E-state index contributed by atoms with van der Waals surface area (Å²) in [7, 11) is 0. The summed E-state index contributed by atoms with van der Waals surface area (Å²) >= 11 is 1.23. The van der Waals surface area contributed by atoms with Crippen molar-refractivity contribution in [2.75, 3.05) is 31.6 Å². The number of aromatic nitrogens is 2. The Bertz CT molecular complexity index is 428. The van der Waals surface area contributed by atoms with Crippen molar-refractivity contribution >= 4 is 28.3 Å². The van der Waals surface area contributed by atoms with E-state index >= 15 is 0 Å². The molecule has 0 radical (unpaired) electrons. The average molecular weight is 256 g/mol. The van der Waals surface area contributed by atoms with E-state index in [0.717, 1.165) is 5.01 Å². The highest BCUT2D eigenvalue weighted by atomic mass is 32.1. The van der Waals surface area contributed by atoms with Gasteiger partial charge in [-0.05, 0) is 6.92 Å². The molecule has 0 aliphatic carbocycles. The monoisotopic (exact) mass is 256 g/mol. The molecule has 0 unspecified atom stereocenters. The largest absolute Gasteiger partial charge is 0.378 e. The van der Waals surface area contributed by atoms with Gasteiger partial charge in [0.15, 0.2) is 0 Å². The van der Waals surface area contributed by atoms with Gasteiger partial charge in [-0.2, -0.15) is 0 Å². The van der Waals surface area contributed by atoms with Crippen molar-refractivity contribution in [3.05, 3.63) is 5.01 Å². The number of ether oxygens (including phenoxy) is 1. The van der Waals surface area contributed by atoms with E-state index < -0.39 is 11.8 Å². The molecule has 1 N–H and O–H groups in total. The van der Waals surface area contributed by atoms with Gasteiger partial charge in [0.05, 0.1) is 13.2 Å². The number of carbonyl (C=O) groups is 2. The van der Waals surface area contributed by atoms with Gasteiger partial charge in [0.1, 0.15) is 5.01 Å². The number of hydrogen-bond acceptors (Lipinski definition) is 6. The lowest BCUT2D eigenvalue weighted by atomic mass is 10.4. The Balaban J connectivity index is 1.92. The lowest BCUT2D eigenvalue weighted by molar-refractivity contribution is -0.145. The van der Waals surface area contributed by atoms with E-state index in [4.69, 9.17) is 4.74 Å². The standard InChI is InChI=1S/C9H12N4O3S/c1-6-11-12-9(17-6)10-7(14)8(15)13-2-4-16-5-3-13/h2-5H2,1H3,(H,10,12,14). The maximum atomic E-state index is 11.7. The van der Waals surface area contributed by atoms with E-state index in [1.54, 1.807) is 6.92 Å². The molecule has 1 aromatic rings. The van der Waals surface area contributed by atoms with Crippen LogP contribution >= 0.6 is 11.3 Å². The fourth-order valence-electron chi connectivity index (χ4n) is 1.41. The Morgan fingerprint density at radius 2 is 2.06 bits per heavy atom. The summed E-state index contributed by atoms with van der Waals surface area (Å²) in [6, 6.07) is 0. The molecular weight excluding hydrogens is 244 g/mol. The molecule has 92 valence electrons. The van der Waals surface area contributed by atoms with Crippen LogP contribution in [0.5, 0.6) is 0 Å². The second kappa shape index (κ2) is 5.19. The summed E-state index contributed by atoms with van der Waals surface area (Å²) < 4.78 is 5.11. The van der Waals surface area contributed by atoms with Crippen LogP contribution in [0.1, 0.15) is 5.01 Å². The van der Waals surface area contributed by atoms with Gasteiger partial charge in [-0.15, -0.1) is 10.2 Å². The predicted molar refractivity (Wildman–Crippen MR) is 60.7 cm³/mol. The molecule has 0 spiro atoms. The van der Waals surface area contributed by atoms with Gasteiger partial charge in [0.2, 0.25) is 5.13 Å². The summed E-state index contributed by atoms with van der Waals surface area (Å²) in [5.74, 6) is -1.23. The number of amides is 2. The van der Waals surface area contributed by atoms with Crippen LogP contribution in [0, 0.1) is 6.92 Å². The lowest BCUT2D eigenvalue weighted by Crippen LogP contribution is -2.45. The Hall–Kier alpha value is -1.54. The van der Waals surface area contributed by atoms with Crippen molar-refractivity contribution < 1.29 is 14.3 Å². The molecule has 1 aliphatic rings. The second-order valence-electron chi connectivity index (χ2n) is 3.48. The van der Waals surface area contributed by atoms with E-state index in [-0.39, 0.29) is 0 Å². The molecule has 1 aliphatic heterocycles. The third-order valence-electron chi connectivity index (χ3n) is 2.24. The minimum atomic E-state index is -0.678. The Morgan fingerprint density at radius 1 is 1.35 bits per heavy atom. The molecule has 2 amide bonds. The molecule has 8 heteroatoms. The van der Waals surface area contributed by atoms with Gasteiger partial charge >= 0.3 is 11.8 Å². The number of morpholine rings is 1. The quantitative estimate of drug-likeness (QED) is 0.694. The zero-order valence-electron chi connectivity index (χ0n) is 9.30. The number of carbonyl (C=O) groups excluding carboxylic acids is 2. The first kappa shape index (κ1) is 11.9. The fraction of sp³-hybridized carbons (Fsp3) is 0.556. The van der Waals surface area contributed by atoms with Gasteiger partial charge < -0.3 is 9.64 Å². The normalized spacial score (nSPS) is 15.7. The van der Waals surface area contributed by atoms with Crippen LogP contribution in [0.25, 0.3) is 0 Å². The van der Waals surface area contributed by atoms with Gasteiger partial charge in [0.25, 0.3) is 0 Å². The average Bonchev–Trinajstić information content (AvgIpc) is 2.75. The Morgan fingerprint density at radius 3 is 2.65 bits per heavy atom. The van der Waals surface area contributed by atoms with Crippen LogP contribution in [-0.4, -0.2) is 53.2 Å². The third kappa shape index (κ3) is 2.98. The van der Waals surface area contributed by atoms with Crippen molar-refractivity contribution in [2.24, 2.45) is 0 Å². The molecule has 17 heavy (non-hydrogen) atoms. The van der Waals surface area contributed by atoms with Crippen LogP contribution in [0.3, 0.4) is 0 Å². The number of rotatable bonds is 1. The van der Waals surface area contributed by atoms with Gasteiger partial charge in [-0.3, -0.25) is 14.9 Å². The first-order chi connectivity index (χ1) is 8.16. The SMILES string of the molecule is Cc1nnc(NC(=O)C(=O)N2CCOCC2)s1. The summed E-state index contributed by atoms with van der Waals surface area (Å²) in [5, 5.41) is 11.0. The van der Waals surface area contributed by atoms with Crippen molar-refractivity contribution in [3.63, 3.8) is 0 Å². The van der Waals surface area contributed by atoms with Crippen LogP contribution in [0.15, 0.2) is 0 Å². The topological polar surface area (TPSA) is 84.4 Å². The van der Waals surface area contributed by atoms with Crippen LogP contribution in [0.2, 0.25) is 0 Å². The van der Waals surface area contributed by atoms with E-state index in [1.807, 2.05) is 0 Å². The molecule has 1 saturated heterocycles. The summed E-state index contributed by atoms with van der Waals surface area (Å²) in [4.78, 5) is 24.8. The molecule has 1 aromatic heterocycles.